The summed E-state index contributed by atoms with van der Waals surface area (Å²) < 4.78 is 16.6. The van der Waals surface area contributed by atoms with Gasteiger partial charge in [-0.3, -0.25) is 4.79 Å². The molecule has 0 aliphatic carbocycles. The Balaban J connectivity index is 2.14. The van der Waals surface area contributed by atoms with Crippen LogP contribution < -0.4 is 5.32 Å². The molecular weight excluding hydrogens is 353 g/mol. The number of benzene rings is 2. The van der Waals surface area contributed by atoms with E-state index in [-0.39, 0.29) is 5.91 Å². The smallest absolute Gasteiger partial charge is 0.268 e. The van der Waals surface area contributed by atoms with E-state index < -0.39 is 5.82 Å². The first-order valence-electron chi connectivity index (χ1n) is 8.32. The molecule has 1 aliphatic rings. The molecule has 6 heteroatoms. The third-order valence-corrected chi connectivity index (χ3v) is 5.05. The number of nitriles is 1. The molecular formula is C20H15ClFN3O. The van der Waals surface area contributed by atoms with Crippen LogP contribution in [0.1, 0.15) is 28.0 Å². The maximum Gasteiger partial charge on any atom is 0.268 e. The maximum absolute atomic E-state index is 14.6. The Labute approximate surface area is 154 Å². The Morgan fingerprint density at radius 1 is 1.27 bits per heavy atom. The highest BCUT2D eigenvalue weighted by Gasteiger charge is 2.25. The number of nitrogens with one attached hydrogen (secondary N) is 1. The van der Waals surface area contributed by atoms with Gasteiger partial charge in [-0.15, -0.1) is 0 Å². The molecule has 0 saturated carbocycles. The van der Waals surface area contributed by atoms with Gasteiger partial charge in [0.15, 0.2) is 0 Å². The molecule has 0 radical (unpaired) electrons. The van der Waals surface area contributed by atoms with Crippen molar-refractivity contribution in [3.8, 4) is 17.2 Å². The van der Waals surface area contributed by atoms with Crippen LogP contribution in [0.15, 0.2) is 30.3 Å². The van der Waals surface area contributed by atoms with Crippen molar-refractivity contribution in [1.82, 2.24) is 9.88 Å². The van der Waals surface area contributed by atoms with Crippen molar-refractivity contribution in [2.24, 2.45) is 0 Å². The first-order chi connectivity index (χ1) is 12.5. The van der Waals surface area contributed by atoms with Crippen molar-refractivity contribution in [1.29, 1.82) is 5.26 Å². The molecule has 1 aliphatic heterocycles. The van der Waals surface area contributed by atoms with Gasteiger partial charge in [0.2, 0.25) is 0 Å². The normalized spacial score (nSPS) is 13.8. The number of halogens is 2. The summed E-state index contributed by atoms with van der Waals surface area (Å²) in [5.74, 6) is -0.600. The number of amides is 1. The van der Waals surface area contributed by atoms with E-state index in [9.17, 15) is 14.4 Å². The second kappa shape index (κ2) is 6.15. The van der Waals surface area contributed by atoms with Crippen LogP contribution in [-0.4, -0.2) is 17.0 Å². The zero-order chi connectivity index (χ0) is 18.4. The fourth-order valence-corrected chi connectivity index (χ4v) is 3.83. The van der Waals surface area contributed by atoms with E-state index in [1.807, 2.05) is 11.5 Å². The van der Waals surface area contributed by atoms with E-state index in [1.54, 1.807) is 24.3 Å². The molecule has 1 amide bonds. The van der Waals surface area contributed by atoms with Crippen LogP contribution in [0.3, 0.4) is 0 Å². The molecule has 3 aromatic rings. The minimum absolute atomic E-state index is 0.141. The predicted molar refractivity (Wildman–Crippen MR) is 98.7 cm³/mol. The molecule has 0 unspecified atom stereocenters. The van der Waals surface area contributed by atoms with Crippen molar-refractivity contribution in [3.05, 3.63) is 58.0 Å². The molecule has 0 spiro atoms. The molecule has 4 rings (SSSR count). The van der Waals surface area contributed by atoms with Gasteiger partial charge < -0.3 is 9.88 Å². The molecule has 1 aromatic heterocycles. The summed E-state index contributed by atoms with van der Waals surface area (Å²) in [6, 6.07) is 10.1. The molecule has 0 saturated heterocycles. The summed E-state index contributed by atoms with van der Waals surface area (Å²) in [6.07, 6.45) is 0.782. The van der Waals surface area contributed by atoms with Crippen LogP contribution in [0.25, 0.3) is 22.0 Å². The molecule has 4 nitrogen and oxygen atoms in total. The highest BCUT2D eigenvalue weighted by molar-refractivity contribution is 6.30. The van der Waals surface area contributed by atoms with Crippen molar-refractivity contribution >= 4 is 28.4 Å². The van der Waals surface area contributed by atoms with Gasteiger partial charge in [0, 0.05) is 34.6 Å². The van der Waals surface area contributed by atoms with Gasteiger partial charge >= 0.3 is 0 Å². The quantitative estimate of drug-likeness (QED) is 0.692. The highest BCUT2D eigenvalue weighted by Crippen LogP contribution is 2.37. The minimum Gasteiger partial charge on any atom is -0.351 e. The number of carbonyl (C=O) groups excluding carboxylic acids is 1. The van der Waals surface area contributed by atoms with Crippen molar-refractivity contribution in [3.63, 3.8) is 0 Å². The van der Waals surface area contributed by atoms with Gasteiger partial charge in [-0.1, -0.05) is 11.6 Å². The van der Waals surface area contributed by atoms with Crippen molar-refractivity contribution < 1.29 is 9.18 Å². The van der Waals surface area contributed by atoms with Gasteiger partial charge in [0.05, 0.1) is 17.1 Å². The summed E-state index contributed by atoms with van der Waals surface area (Å²) in [4.78, 5) is 12.5. The fraction of sp³-hybridized carbons (Fsp3) is 0.200. The zero-order valence-electron chi connectivity index (χ0n) is 14.1. The number of aryl methyl sites for hydroxylation is 2. The number of fused-ring (bicyclic) bond motifs is 3. The number of hydrogen-bond donors (Lipinski definition) is 1. The molecule has 0 atom stereocenters. The van der Waals surface area contributed by atoms with Crippen LogP contribution in [0, 0.1) is 24.1 Å². The topological polar surface area (TPSA) is 57.8 Å². The van der Waals surface area contributed by atoms with Gasteiger partial charge in [-0.2, -0.15) is 5.26 Å². The van der Waals surface area contributed by atoms with E-state index in [4.69, 9.17) is 11.6 Å². The summed E-state index contributed by atoms with van der Waals surface area (Å²) in [5, 5.41) is 13.4. The number of rotatable bonds is 1. The highest BCUT2D eigenvalue weighted by atomic mass is 35.5. The van der Waals surface area contributed by atoms with E-state index >= 15 is 0 Å². The standard InChI is InChI=1S/C20H15ClFN3O/c1-11-15-7-12(10-23)8-16(14-4-3-13(21)9-17(14)22)19(15)25-6-2-5-24-20(26)18(11)25/h3-4,7-9H,2,5-6H2,1H3,(H,24,26). The van der Waals surface area contributed by atoms with Gasteiger partial charge in [-0.25, -0.2) is 4.39 Å². The third kappa shape index (κ3) is 2.46. The van der Waals surface area contributed by atoms with Crippen LogP contribution in [-0.2, 0) is 6.54 Å². The van der Waals surface area contributed by atoms with Crippen molar-refractivity contribution in [2.45, 2.75) is 19.9 Å². The first kappa shape index (κ1) is 16.6. The number of nitrogens with zero attached hydrogens (tertiary/aromatic N) is 2. The Morgan fingerprint density at radius 2 is 2.08 bits per heavy atom. The SMILES string of the molecule is Cc1c2n(c3c(-c4ccc(Cl)cc4F)cc(C#N)cc13)CCCNC2=O. The third-order valence-electron chi connectivity index (χ3n) is 4.82. The van der Waals surface area contributed by atoms with Crippen LogP contribution in [0.2, 0.25) is 5.02 Å². The Kier molecular flexibility index (Phi) is 3.93. The molecule has 1 N–H and O–H groups in total. The second-order valence-corrected chi connectivity index (χ2v) is 6.83. The molecule has 0 bridgehead atoms. The average molecular weight is 368 g/mol. The first-order valence-corrected chi connectivity index (χ1v) is 8.69. The zero-order valence-corrected chi connectivity index (χ0v) is 14.8. The molecule has 0 fully saturated rings. The lowest BCUT2D eigenvalue weighted by molar-refractivity contribution is 0.0951. The summed E-state index contributed by atoms with van der Waals surface area (Å²) in [6.45, 7) is 3.11. The predicted octanol–water partition coefficient (Wildman–Crippen LogP) is 4.41. The van der Waals surface area contributed by atoms with Gasteiger partial charge in [0.1, 0.15) is 11.5 Å². The molecule has 2 aromatic carbocycles. The Hall–Kier alpha value is -2.84. The van der Waals surface area contributed by atoms with E-state index in [1.165, 1.54) is 6.07 Å². The average Bonchev–Trinajstić information content (AvgIpc) is 2.76. The van der Waals surface area contributed by atoms with Crippen molar-refractivity contribution in [2.75, 3.05) is 6.54 Å². The van der Waals surface area contributed by atoms with Gasteiger partial charge in [-0.05, 0) is 49.2 Å². The second-order valence-electron chi connectivity index (χ2n) is 6.39. The fourth-order valence-electron chi connectivity index (χ4n) is 3.67. The number of hydrogen-bond acceptors (Lipinski definition) is 2. The summed E-state index contributed by atoms with van der Waals surface area (Å²) in [5.41, 5.74) is 3.52. The maximum atomic E-state index is 14.6. The van der Waals surface area contributed by atoms with E-state index in [0.29, 0.717) is 40.5 Å². The van der Waals surface area contributed by atoms with Crippen LogP contribution in [0.5, 0.6) is 0 Å². The Morgan fingerprint density at radius 3 is 2.81 bits per heavy atom. The number of carbonyl (C=O) groups is 1. The lowest BCUT2D eigenvalue weighted by Crippen LogP contribution is -2.23. The molecule has 2 heterocycles. The molecule has 130 valence electrons. The lowest BCUT2D eigenvalue weighted by atomic mass is 9.98. The summed E-state index contributed by atoms with van der Waals surface area (Å²) >= 11 is 5.89. The van der Waals surface area contributed by atoms with E-state index in [2.05, 4.69) is 11.4 Å². The van der Waals surface area contributed by atoms with Gasteiger partial charge in [0.25, 0.3) is 5.91 Å². The van der Waals surface area contributed by atoms with E-state index in [0.717, 1.165) is 22.9 Å². The minimum atomic E-state index is -0.458. The number of aromatic nitrogens is 1. The summed E-state index contributed by atoms with van der Waals surface area (Å²) in [7, 11) is 0. The molecule has 26 heavy (non-hydrogen) atoms. The lowest BCUT2D eigenvalue weighted by Gasteiger charge is -2.12. The largest absolute Gasteiger partial charge is 0.351 e. The monoisotopic (exact) mass is 367 g/mol. The Bertz CT molecular complexity index is 1110. The van der Waals surface area contributed by atoms with Crippen LogP contribution >= 0.6 is 11.6 Å². The van der Waals surface area contributed by atoms with Crippen LogP contribution in [0.4, 0.5) is 4.39 Å².